The fraction of sp³-hybridized carbons (Fsp3) is 0.700. The smallest absolute Gasteiger partial charge is 0.363 e. The van der Waals surface area contributed by atoms with Gasteiger partial charge in [-0.3, -0.25) is 9.79 Å². The second-order valence-corrected chi connectivity index (χ2v) is 11.0. The molecule has 0 aromatic heterocycles. The predicted molar refractivity (Wildman–Crippen MR) is 148 cm³/mol. The summed E-state index contributed by atoms with van der Waals surface area (Å²) in [5.41, 5.74) is 1.93. The predicted octanol–water partition coefficient (Wildman–Crippen LogP) is 5.60. The molecule has 1 fully saturated rings. The number of amides is 2. The molecule has 2 amide bonds. The molecule has 6 heteroatoms. The maximum Gasteiger partial charge on any atom is 0.363 e. The maximum absolute atomic E-state index is 14.4. The molecule has 1 aromatic rings. The van der Waals surface area contributed by atoms with E-state index in [1.807, 2.05) is 18.2 Å². The summed E-state index contributed by atoms with van der Waals surface area (Å²) >= 11 is 0. The van der Waals surface area contributed by atoms with E-state index in [-0.39, 0.29) is 16.3 Å². The van der Waals surface area contributed by atoms with Crippen LogP contribution in [0.1, 0.15) is 97.5 Å². The summed E-state index contributed by atoms with van der Waals surface area (Å²) in [4.78, 5) is 32.6. The minimum Gasteiger partial charge on any atom is -0.392 e. The van der Waals surface area contributed by atoms with Gasteiger partial charge >= 0.3 is 5.91 Å². The lowest BCUT2D eigenvalue weighted by Gasteiger charge is -2.39. The number of para-hydroxylation sites is 1. The first-order valence-corrected chi connectivity index (χ1v) is 14.4. The molecule has 1 aliphatic carbocycles. The van der Waals surface area contributed by atoms with Gasteiger partial charge in [-0.1, -0.05) is 71.9 Å². The van der Waals surface area contributed by atoms with Crippen molar-refractivity contribution in [2.75, 3.05) is 13.1 Å². The van der Waals surface area contributed by atoms with Gasteiger partial charge in [0.15, 0.2) is 0 Å². The molecule has 36 heavy (non-hydrogen) atoms. The Kier molecular flexibility index (Phi) is 10.7. The number of carbonyl (C=O) groups excluding carboxylic acids is 2. The lowest BCUT2D eigenvalue weighted by molar-refractivity contribution is -0.138. The van der Waals surface area contributed by atoms with Crippen LogP contribution in [-0.2, 0) is 9.59 Å². The Balaban J connectivity index is 1.94. The fourth-order valence-corrected chi connectivity index (χ4v) is 5.59. The number of benzodiazepines with no additional fused rings is 1. The average molecular weight is 499 g/mol. The van der Waals surface area contributed by atoms with Crippen molar-refractivity contribution in [3.8, 4) is 0 Å². The third-order valence-electron chi connectivity index (χ3n) is 8.25. The van der Waals surface area contributed by atoms with Crippen molar-refractivity contribution in [3.05, 3.63) is 29.8 Å². The lowest BCUT2D eigenvalue weighted by Crippen LogP contribution is -2.63. The topological polar surface area (TPSA) is 78.8 Å². The van der Waals surface area contributed by atoms with Crippen molar-refractivity contribution in [2.45, 2.75) is 104 Å². The molecule has 4 atom stereocenters. The average Bonchev–Trinajstić information content (AvgIpc) is 3.73. The monoisotopic (exact) mass is 498 g/mol. The van der Waals surface area contributed by atoms with Gasteiger partial charge in [0.2, 0.25) is 12.1 Å². The number of aliphatic hydroxyl groups is 1. The molecule has 3 rings (SSSR count). The SMILES string of the molecule is CCCC[C@H](O)[C@@H](CC1CC1)C(=O)N[C@@H]1N=Cc2ccccc2[N@@+](CCCC)(CC(CC)CC)C1=O. The van der Waals surface area contributed by atoms with Gasteiger partial charge in [0.05, 0.1) is 30.7 Å². The van der Waals surface area contributed by atoms with Crippen LogP contribution < -0.4 is 9.80 Å². The summed E-state index contributed by atoms with van der Waals surface area (Å²) in [7, 11) is 0. The van der Waals surface area contributed by atoms with Gasteiger partial charge in [-0.25, -0.2) is 9.28 Å². The molecule has 0 radical (unpaired) electrons. The highest BCUT2D eigenvalue weighted by atomic mass is 16.3. The summed E-state index contributed by atoms with van der Waals surface area (Å²) in [6.45, 7) is 10.0. The van der Waals surface area contributed by atoms with E-state index in [0.717, 1.165) is 62.6 Å². The second kappa shape index (κ2) is 13.5. The van der Waals surface area contributed by atoms with E-state index in [2.05, 4.69) is 44.1 Å². The Bertz CT molecular complexity index is 893. The Morgan fingerprint density at radius 1 is 1.11 bits per heavy atom. The fourth-order valence-electron chi connectivity index (χ4n) is 5.59. The Labute approximate surface area is 218 Å². The highest BCUT2D eigenvalue weighted by Gasteiger charge is 2.48. The number of aliphatic imine (C=N–C) groups is 1. The maximum atomic E-state index is 14.4. The van der Waals surface area contributed by atoms with Crippen molar-refractivity contribution in [1.82, 2.24) is 9.80 Å². The van der Waals surface area contributed by atoms with Crippen molar-refractivity contribution in [2.24, 2.45) is 22.7 Å². The first-order valence-electron chi connectivity index (χ1n) is 14.4. The molecule has 1 heterocycles. The standard InChI is InChI=1S/C30H47N3O3/c1-5-9-15-27(34)25(19-23-16-17-23)29(35)32-28-30(36)33(18-10-6-2,21-22(7-3)8-4)26-14-12-11-13-24(26)20-31-28/h11-14,20,22-23,25,27-28,34H,5-10,15-19,21H2,1-4H3/p+1/t25-,27+,28+,33-/m1/s1. The van der Waals surface area contributed by atoms with Gasteiger partial charge in [-0.15, -0.1) is 0 Å². The van der Waals surface area contributed by atoms with Crippen LogP contribution in [-0.4, -0.2) is 48.5 Å². The molecule has 0 saturated heterocycles. The molecule has 2 aliphatic rings. The molecule has 6 nitrogen and oxygen atoms in total. The van der Waals surface area contributed by atoms with E-state index >= 15 is 0 Å². The normalized spacial score (nSPS) is 23.3. The number of rotatable bonds is 15. The van der Waals surface area contributed by atoms with Gasteiger partial charge in [-0.05, 0) is 44.1 Å². The zero-order chi connectivity index (χ0) is 26.1. The zero-order valence-corrected chi connectivity index (χ0v) is 22.9. The summed E-state index contributed by atoms with van der Waals surface area (Å²) in [5, 5.41) is 13.9. The van der Waals surface area contributed by atoms with Crippen LogP contribution in [0.25, 0.3) is 0 Å². The summed E-state index contributed by atoms with van der Waals surface area (Å²) in [6.07, 6.45) is 9.44. The number of unbranched alkanes of at least 4 members (excludes halogenated alkanes) is 2. The number of benzene rings is 1. The van der Waals surface area contributed by atoms with Crippen LogP contribution in [0.15, 0.2) is 29.3 Å². The van der Waals surface area contributed by atoms with Crippen molar-refractivity contribution >= 4 is 23.7 Å². The van der Waals surface area contributed by atoms with Crippen molar-refractivity contribution in [1.29, 1.82) is 0 Å². The lowest BCUT2D eigenvalue weighted by atomic mass is 9.91. The van der Waals surface area contributed by atoms with Crippen LogP contribution in [0.4, 0.5) is 5.69 Å². The minimum absolute atomic E-state index is 0.0573. The van der Waals surface area contributed by atoms with E-state index in [1.54, 1.807) is 6.21 Å². The summed E-state index contributed by atoms with van der Waals surface area (Å²) in [5.74, 6) is 0.117. The first-order chi connectivity index (χ1) is 17.4. The van der Waals surface area contributed by atoms with E-state index in [1.165, 1.54) is 0 Å². The number of hydrogen-bond acceptors (Lipinski definition) is 4. The molecular weight excluding hydrogens is 450 g/mol. The second-order valence-electron chi connectivity index (χ2n) is 11.0. The van der Waals surface area contributed by atoms with E-state index in [9.17, 15) is 14.7 Å². The largest absolute Gasteiger partial charge is 0.392 e. The number of carbonyl (C=O) groups is 2. The molecule has 200 valence electrons. The quantitative estimate of drug-likeness (QED) is 0.309. The molecule has 1 aromatic carbocycles. The Hall–Kier alpha value is -2.05. The third-order valence-corrected chi connectivity index (χ3v) is 8.25. The zero-order valence-electron chi connectivity index (χ0n) is 22.9. The highest BCUT2D eigenvalue weighted by molar-refractivity contribution is 6.03. The molecule has 1 saturated carbocycles. The van der Waals surface area contributed by atoms with Gasteiger partial charge < -0.3 is 10.4 Å². The summed E-state index contributed by atoms with van der Waals surface area (Å²) in [6, 6.07) is 8.06. The molecule has 1 aliphatic heterocycles. The van der Waals surface area contributed by atoms with Crippen LogP contribution in [0.5, 0.6) is 0 Å². The molecule has 0 spiro atoms. The van der Waals surface area contributed by atoms with Gasteiger partial charge in [0.1, 0.15) is 5.69 Å². The van der Waals surface area contributed by atoms with Gasteiger partial charge in [0, 0.05) is 18.2 Å². The van der Waals surface area contributed by atoms with Crippen molar-refractivity contribution < 1.29 is 14.7 Å². The number of nitrogens with one attached hydrogen (secondary N) is 1. The number of hydrogen-bond donors (Lipinski definition) is 2. The molecule has 2 N–H and O–H groups in total. The van der Waals surface area contributed by atoms with E-state index in [4.69, 9.17) is 0 Å². The first kappa shape index (κ1) is 28.5. The van der Waals surface area contributed by atoms with Gasteiger partial charge in [-0.2, -0.15) is 0 Å². The van der Waals surface area contributed by atoms with Crippen LogP contribution in [0, 0.1) is 17.8 Å². The van der Waals surface area contributed by atoms with Gasteiger partial charge in [0.25, 0.3) is 0 Å². The third kappa shape index (κ3) is 6.83. The van der Waals surface area contributed by atoms with E-state index < -0.39 is 18.2 Å². The molecule has 0 unspecified atom stereocenters. The number of aliphatic hydroxyl groups excluding tert-OH is 1. The van der Waals surface area contributed by atoms with Crippen molar-refractivity contribution in [3.63, 3.8) is 0 Å². The number of quaternary nitrogens is 1. The Morgan fingerprint density at radius 3 is 2.44 bits per heavy atom. The van der Waals surface area contributed by atoms with E-state index in [0.29, 0.717) is 37.8 Å². The molecular formula is C30H48N3O3+. The van der Waals surface area contributed by atoms with Crippen LogP contribution >= 0.6 is 0 Å². The minimum atomic E-state index is -0.948. The summed E-state index contributed by atoms with van der Waals surface area (Å²) < 4.78 is 0.215. The highest BCUT2D eigenvalue weighted by Crippen LogP contribution is 2.37. The van der Waals surface area contributed by atoms with Crippen LogP contribution in [0.2, 0.25) is 0 Å². The van der Waals surface area contributed by atoms with Crippen LogP contribution in [0.3, 0.4) is 0 Å². The molecule has 0 bridgehead atoms. The number of nitrogens with zero attached hydrogens (tertiary/aromatic N) is 2. The Morgan fingerprint density at radius 2 is 1.81 bits per heavy atom. The number of fused-ring (bicyclic) bond motifs is 1.